The Hall–Kier alpha value is -1.50. The number of hydrogen-bond donors (Lipinski definition) is 2. The van der Waals surface area contributed by atoms with E-state index in [9.17, 15) is 4.79 Å². The number of hydrogen-bond acceptors (Lipinski definition) is 5. The van der Waals surface area contributed by atoms with E-state index in [1.54, 1.807) is 11.6 Å². The molecule has 2 aromatic rings. The molecule has 2 rings (SSSR count). The fraction of sp³-hybridized carbons (Fsp3) is 0.273. The number of carbonyl (C=O) groups excluding carboxylic acids is 1. The van der Waals surface area contributed by atoms with Crippen LogP contribution in [0.2, 0.25) is 0 Å². The SMILES string of the molecule is COCC(N)C(=O)Nc1ccc2ncsc2c1. The van der Waals surface area contributed by atoms with Crippen LogP contribution in [0.15, 0.2) is 23.7 Å². The maximum Gasteiger partial charge on any atom is 0.243 e. The summed E-state index contributed by atoms with van der Waals surface area (Å²) in [5.41, 5.74) is 9.04. The molecule has 0 fully saturated rings. The van der Waals surface area contributed by atoms with Gasteiger partial charge in [-0.3, -0.25) is 4.79 Å². The maximum absolute atomic E-state index is 11.6. The number of benzene rings is 1. The van der Waals surface area contributed by atoms with Crippen molar-refractivity contribution >= 4 is 33.1 Å². The molecular formula is C11H13N3O2S. The van der Waals surface area contributed by atoms with Crippen LogP contribution in [0.3, 0.4) is 0 Å². The lowest BCUT2D eigenvalue weighted by Gasteiger charge is -2.10. The molecule has 0 saturated carbocycles. The van der Waals surface area contributed by atoms with E-state index < -0.39 is 6.04 Å². The van der Waals surface area contributed by atoms with Crippen LogP contribution < -0.4 is 11.1 Å². The third-order valence-corrected chi connectivity index (χ3v) is 3.07. The molecule has 0 aliphatic heterocycles. The lowest BCUT2D eigenvalue weighted by molar-refractivity contribution is -0.118. The van der Waals surface area contributed by atoms with Crippen molar-refractivity contribution in [1.82, 2.24) is 4.98 Å². The number of nitrogens with two attached hydrogens (primary N) is 1. The Kier molecular flexibility index (Phi) is 3.68. The van der Waals surface area contributed by atoms with E-state index in [-0.39, 0.29) is 12.5 Å². The highest BCUT2D eigenvalue weighted by atomic mass is 32.1. The summed E-state index contributed by atoms with van der Waals surface area (Å²) in [6.07, 6.45) is 0. The fourth-order valence-electron chi connectivity index (χ4n) is 1.42. The summed E-state index contributed by atoms with van der Waals surface area (Å²) in [4.78, 5) is 15.8. The molecule has 3 N–H and O–H groups in total. The van der Waals surface area contributed by atoms with E-state index in [4.69, 9.17) is 10.5 Å². The van der Waals surface area contributed by atoms with Crippen molar-refractivity contribution < 1.29 is 9.53 Å². The van der Waals surface area contributed by atoms with Crippen LogP contribution >= 0.6 is 11.3 Å². The minimum absolute atomic E-state index is 0.203. The summed E-state index contributed by atoms with van der Waals surface area (Å²) in [5.74, 6) is -0.254. The van der Waals surface area contributed by atoms with Crippen molar-refractivity contribution in [1.29, 1.82) is 0 Å². The number of methoxy groups -OCH3 is 1. The Labute approximate surface area is 103 Å². The molecule has 1 heterocycles. The highest BCUT2D eigenvalue weighted by molar-refractivity contribution is 7.16. The van der Waals surface area contributed by atoms with Gasteiger partial charge in [0.15, 0.2) is 0 Å². The minimum Gasteiger partial charge on any atom is -0.383 e. The number of nitrogens with zero attached hydrogens (tertiary/aromatic N) is 1. The maximum atomic E-state index is 11.6. The van der Waals surface area contributed by atoms with Crippen molar-refractivity contribution in [3.8, 4) is 0 Å². The minimum atomic E-state index is -0.655. The second kappa shape index (κ2) is 5.22. The smallest absolute Gasteiger partial charge is 0.243 e. The van der Waals surface area contributed by atoms with Gasteiger partial charge >= 0.3 is 0 Å². The summed E-state index contributed by atoms with van der Waals surface area (Å²) < 4.78 is 5.86. The molecule has 1 atom stereocenters. The fourth-order valence-corrected chi connectivity index (χ4v) is 2.14. The predicted octanol–water partition coefficient (Wildman–Crippen LogP) is 1.21. The number of aromatic nitrogens is 1. The molecule has 0 spiro atoms. The van der Waals surface area contributed by atoms with Gasteiger partial charge in [-0.25, -0.2) is 4.98 Å². The van der Waals surface area contributed by atoms with Gasteiger partial charge in [0.25, 0.3) is 0 Å². The highest BCUT2D eigenvalue weighted by Gasteiger charge is 2.13. The molecule has 5 nitrogen and oxygen atoms in total. The van der Waals surface area contributed by atoms with E-state index >= 15 is 0 Å². The van der Waals surface area contributed by atoms with Gasteiger partial charge in [0.1, 0.15) is 6.04 Å². The number of anilines is 1. The molecule has 0 aliphatic rings. The standard InChI is InChI=1S/C11H13N3O2S/c1-16-5-8(12)11(15)14-7-2-3-9-10(4-7)17-6-13-9/h2-4,6,8H,5,12H2,1H3,(H,14,15). The number of amides is 1. The zero-order valence-electron chi connectivity index (χ0n) is 9.34. The van der Waals surface area contributed by atoms with Crippen molar-refractivity contribution in [3.63, 3.8) is 0 Å². The van der Waals surface area contributed by atoms with Gasteiger partial charge in [0.05, 0.1) is 22.3 Å². The Morgan fingerprint density at radius 2 is 2.47 bits per heavy atom. The molecule has 1 aromatic heterocycles. The lowest BCUT2D eigenvalue weighted by atomic mass is 10.2. The summed E-state index contributed by atoms with van der Waals surface area (Å²) in [6, 6.07) is 4.89. The van der Waals surface area contributed by atoms with Crippen molar-refractivity contribution in [2.75, 3.05) is 19.0 Å². The molecule has 1 aromatic carbocycles. The number of ether oxygens (including phenoxy) is 1. The highest BCUT2D eigenvalue weighted by Crippen LogP contribution is 2.21. The topological polar surface area (TPSA) is 77.2 Å². The Balaban J connectivity index is 2.09. The molecule has 90 valence electrons. The van der Waals surface area contributed by atoms with Crippen LogP contribution in [0, 0.1) is 0 Å². The van der Waals surface area contributed by atoms with Gasteiger partial charge in [0.2, 0.25) is 5.91 Å². The predicted molar refractivity (Wildman–Crippen MR) is 68.1 cm³/mol. The van der Waals surface area contributed by atoms with Crippen LogP contribution in [-0.2, 0) is 9.53 Å². The third-order valence-electron chi connectivity index (χ3n) is 2.28. The van der Waals surface area contributed by atoms with Crippen LogP contribution in [0.1, 0.15) is 0 Å². The first-order valence-electron chi connectivity index (χ1n) is 5.09. The summed E-state index contributed by atoms with van der Waals surface area (Å²) in [6.45, 7) is 0.203. The van der Waals surface area contributed by atoms with Crippen molar-refractivity contribution in [2.45, 2.75) is 6.04 Å². The van der Waals surface area contributed by atoms with Crippen LogP contribution in [0.25, 0.3) is 10.2 Å². The number of nitrogens with one attached hydrogen (secondary N) is 1. The van der Waals surface area contributed by atoms with Gasteiger partial charge in [0, 0.05) is 12.8 Å². The van der Waals surface area contributed by atoms with Crippen LogP contribution in [0.5, 0.6) is 0 Å². The summed E-state index contributed by atoms with van der Waals surface area (Å²) in [5, 5.41) is 2.74. The van der Waals surface area contributed by atoms with Gasteiger partial charge < -0.3 is 15.8 Å². The summed E-state index contributed by atoms with van der Waals surface area (Å²) >= 11 is 1.53. The Morgan fingerprint density at radius 3 is 3.24 bits per heavy atom. The van der Waals surface area contributed by atoms with Crippen molar-refractivity contribution in [2.24, 2.45) is 5.73 Å². The van der Waals surface area contributed by atoms with E-state index in [1.165, 1.54) is 18.4 Å². The molecule has 1 amide bonds. The van der Waals surface area contributed by atoms with Gasteiger partial charge in [-0.05, 0) is 18.2 Å². The number of carbonyl (C=O) groups is 1. The molecule has 6 heteroatoms. The van der Waals surface area contributed by atoms with E-state index in [0.29, 0.717) is 0 Å². The molecule has 17 heavy (non-hydrogen) atoms. The number of thiazole rings is 1. The second-order valence-corrected chi connectivity index (χ2v) is 4.47. The van der Waals surface area contributed by atoms with Gasteiger partial charge in [-0.15, -0.1) is 11.3 Å². The van der Waals surface area contributed by atoms with Gasteiger partial charge in [-0.1, -0.05) is 0 Å². The average molecular weight is 251 g/mol. The largest absolute Gasteiger partial charge is 0.383 e. The van der Waals surface area contributed by atoms with E-state index in [2.05, 4.69) is 10.3 Å². The van der Waals surface area contributed by atoms with Gasteiger partial charge in [-0.2, -0.15) is 0 Å². The zero-order chi connectivity index (χ0) is 12.3. The van der Waals surface area contributed by atoms with E-state index in [0.717, 1.165) is 15.9 Å². The molecular weight excluding hydrogens is 238 g/mol. The first-order valence-corrected chi connectivity index (χ1v) is 5.97. The number of fused-ring (bicyclic) bond motifs is 1. The average Bonchev–Trinajstić information content (AvgIpc) is 2.76. The van der Waals surface area contributed by atoms with Crippen LogP contribution in [-0.4, -0.2) is 30.6 Å². The molecule has 0 bridgehead atoms. The first kappa shape index (κ1) is 12.0. The normalized spacial score (nSPS) is 12.6. The van der Waals surface area contributed by atoms with E-state index in [1.807, 2.05) is 12.1 Å². The Morgan fingerprint density at radius 1 is 1.65 bits per heavy atom. The van der Waals surface area contributed by atoms with Crippen LogP contribution in [0.4, 0.5) is 5.69 Å². The zero-order valence-corrected chi connectivity index (χ0v) is 10.2. The number of rotatable bonds is 4. The molecule has 0 aliphatic carbocycles. The quantitative estimate of drug-likeness (QED) is 0.856. The molecule has 0 radical (unpaired) electrons. The second-order valence-electron chi connectivity index (χ2n) is 3.59. The van der Waals surface area contributed by atoms with Crippen molar-refractivity contribution in [3.05, 3.63) is 23.7 Å². The lowest BCUT2D eigenvalue weighted by Crippen LogP contribution is -2.39. The monoisotopic (exact) mass is 251 g/mol. The Bertz CT molecular complexity index is 526. The first-order chi connectivity index (χ1) is 8.20. The molecule has 0 saturated heterocycles. The third kappa shape index (κ3) is 2.79. The summed E-state index contributed by atoms with van der Waals surface area (Å²) in [7, 11) is 1.51. The molecule has 1 unspecified atom stereocenters.